The Labute approximate surface area is 175 Å². The predicted octanol–water partition coefficient (Wildman–Crippen LogP) is 3.50. The third kappa shape index (κ3) is 5.12. The second-order valence-corrected chi connectivity index (χ2v) is 7.89. The summed E-state index contributed by atoms with van der Waals surface area (Å²) in [6.45, 7) is 2.20. The van der Waals surface area contributed by atoms with Crippen molar-refractivity contribution in [3.63, 3.8) is 0 Å². The molecule has 0 bridgehead atoms. The molecule has 0 spiro atoms. The summed E-state index contributed by atoms with van der Waals surface area (Å²) in [4.78, 5) is 2.13. The largest absolute Gasteiger partial charge is 0.493 e. The molecule has 0 aliphatic heterocycles. The van der Waals surface area contributed by atoms with Crippen LogP contribution in [0.4, 0.5) is 0 Å². The van der Waals surface area contributed by atoms with Gasteiger partial charge in [0.15, 0.2) is 11.5 Å². The molecule has 0 fully saturated rings. The summed E-state index contributed by atoms with van der Waals surface area (Å²) in [7, 11) is -0.984. The Hall–Kier alpha value is -3.46. The van der Waals surface area contributed by atoms with Crippen molar-refractivity contribution in [2.24, 2.45) is 5.10 Å². The molecule has 0 unspecified atom stereocenters. The molecule has 1 heterocycles. The van der Waals surface area contributed by atoms with E-state index in [0.29, 0.717) is 23.0 Å². The second kappa shape index (κ2) is 9.36. The first-order chi connectivity index (χ1) is 14.4. The van der Waals surface area contributed by atoms with Gasteiger partial charge < -0.3 is 18.6 Å². The lowest BCUT2D eigenvalue weighted by Crippen LogP contribution is -2.18. The first-order valence-electron chi connectivity index (χ1n) is 8.97. The number of benzene rings is 2. The van der Waals surface area contributed by atoms with Gasteiger partial charge in [0, 0.05) is 6.07 Å². The summed E-state index contributed by atoms with van der Waals surface area (Å²) in [6.07, 6.45) is 1.27. The van der Waals surface area contributed by atoms with Crippen LogP contribution in [0, 0.1) is 6.92 Å². The number of nitrogens with zero attached hydrogens (tertiary/aromatic N) is 1. The summed E-state index contributed by atoms with van der Waals surface area (Å²) in [5, 5.41) is 3.76. The van der Waals surface area contributed by atoms with Gasteiger partial charge in [0.2, 0.25) is 0 Å². The summed E-state index contributed by atoms with van der Waals surface area (Å²) in [5.41, 5.74) is 1.02. The topological polar surface area (TPSA) is 99.4 Å². The zero-order valence-corrected chi connectivity index (χ0v) is 17.6. The summed E-state index contributed by atoms with van der Waals surface area (Å²) in [5.74, 6) is 2.47. The van der Waals surface area contributed by atoms with E-state index in [1.165, 1.54) is 38.6 Å². The maximum Gasteiger partial charge on any atom is 0.276 e. The molecule has 0 aliphatic rings. The minimum atomic E-state index is -3.88. The van der Waals surface area contributed by atoms with E-state index < -0.39 is 10.0 Å². The van der Waals surface area contributed by atoms with E-state index >= 15 is 0 Å². The molecule has 0 saturated heterocycles. The number of ether oxygens (including phenoxy) is 3. The van der Waals surface area contributed by atoms with Crippen molar-refractivity contribution < 1.29 is 27.0 Å². The SMILES string of the molecule is COc1ccc(S(=O)(=O)N/N=C\c2ccc(COc3ccccc3C)o2)cc1OC. The Bertz CT molecular complexity index is 1140. The normalized spacial score (nSPS) is 11.4. The van der Waals surface area contributed by atoms with Gasteiger partial charge >= 0.3 is 0 Å². The van der Waals surface area contributed by atoms with Crippen LogP contribution in [0.15, 0.2) is 69.0 Å². The molecule has 0 saturated carbocycles. The van der Waals surface area contributed by atoms with Gasteiger partial charge in [0.05, 0.1) is 25.3 Å². The van der Waals surface area contributed by atoms with Gasteiger partial charge in [0.1, 0.15) is 23.9 Å². The Morgan fingerprint density at radius 3 is 2.50 bits per heavy atom. The lowest BCUT2D eigenvalue weighted by molar-refractivity contribution is 0.268. The lowest BCUT2D eigenvalue weighted by atomic mass is 10.2. The molecule has 1 N–H and O–H groups in total. The van der Waals surface area contributed by atoms with Crippen molar-refractivity contribution in [2.75, 3.05) is 14.2 Å². The van der Waals surface area contributed by atoms with Gasteiger partial charge in [-0.25, -0.2) is 0 Å². The van der Waals surface area contributed by atoms with E-state index in [0.717, 1.165) is 11.3 Å². The van der Waals surface area contributed by atoms with Crippen molar-refractivity contribution in [3.8, 4) is 17.2 Å². The Kier molecular flexibility index (Phi) is 6.63. The maximum absolute atomic E-state index is 12.4. The fraction of sp³-hybridized carbons (Fsp3) is 0.190. The number of methoxy groups -OCH3 is 2. The molecular weight excluding hydrogens is 408 g/mol. The Morgan fingerprint density at radius 2 is 1.77 bits per heavy atom. The first kappa shape index (κ1) is 21.3. The molecule has 8 nitrogen and oxygen atoms in total. The van der Waals surface area contributed by atoms with Gasteiger partial charge in [0.25, 0.3) is 10.0 Å². The fourth-order valence-electron chi connectivity index (χ4n) is 2.60. The third-order valence-electron chi connectivity index (χ3n) is 4.18. The summed E-state index contributed by atoms with van der Waals surface area (Å²) < 4.78 is 46.4. The number of furan rings is 1. The molecule has 0 radical (unpaired) electrons. The van der Waals surface area contributed by atoms with Crippen LogP contribution in [0.1, 0.15) is 17.1 Å². The molecule has 3 aromatic rings. The number of sulfonamides is 1. The van der Waals surface area contributed by atoms with Crippen LogP contribution in [0.5, 0.6) is 17.2 Å². The van der Waals surface area contributed by atoms with E-state index in [1.54, 1.807) is 12.1 Å². The highest BCUT2D eigenvalue weighted by atomic mass is 32.2. The first-order valence-corrected chi connectivity index (χ1v) is 10.5. The predicted molar refractivity (Wildman–Crippen MR) is 112 cm³/mol. The van der Waals surface area contributed by atoms with E-state index in [2.05, 4.69) is 9.93 Å². The van der Waals surface area contributed by atoms with Gasteiger partial charge in [-0.2, -0.15) is 18.4 Å². The Morgan fingerprint density at radius 1 is 1.00 bits per heavy atom. The van der Waals surface area contributed by atoms with Crippen LogP contribution in [-0.4, -0.2) is 28.9 Å². The fourth-order valence-corrected chi connectivity index (χ4v) is 3.41. The van der Waals surface area contributed by atoms with E-state index in [9.17, 15) is 8.42 Å². The van der Waals surface area contributed by atoms with Crippen LogP contribution >= 0.6 is 0 Å². The van der Waals surface area contributed by atoms with E-state index in [4.69, 9.17) is 18.6 Å². The zero-order chi connectivity index (χ0) is 21.6. The molecule has 30 heavy (non-hydrogen) atoms. The molecule has 158 valence electrons. The molecular formula is C21H22N2O6S. The molecule has 0 amide bonds. The average Bonchev–Trinajstić information content (AvgIpc) is 3.20. The van der Waals surface area contributed by atoms with E-state index in [-0.39, 0.29) is 11.5 Å². The van der Waals surface area contributed by atoms with Crippen LogP contribution in [-0.2, 0) is 16.6 Å². The minimum absolute atomic E-state index is 0.0101. The summed E-state index contributed by atoms with van der Waals surface area (Å²) in [6, 6.07) is 15.3. The van der Waals surface area contributed by atoms with Gasteiger partial charge in [-0.15, -0.1) is 0 Å². The number of nitrogens with one attached hydrogen (secondary N) is 1. The summed E-state index contributed by atoms with van der Waals surface area (Å²) >= 11 is 0. The van der Waals surface area contributed by atoms with Gasteiger partial charge in [-0.05, 0) is 42.8 Å². The van der Waals surface area contributed by atoms with Gasteiger partial charge in [-0.3, -0.25) is 0 Å². The van der Waals surface area contributed by atoms with Crippen molar-refractivity contribution in [1.29, 1.82) is 0 Å². The van der Waals surface area contributed by atoms with Crippen molar-refractivity contribution in [1.82, 2.24) is 4.83 Å². The number of hydrogen-bond donors (Lipinski definition) is 1. The zero-order valence-electron chi connectivity index (χ0n) is 16.8. The number of para-hydroxylation sites is 1. The quantitative estimate of drug-likeness (QED) is 0.412. The standard InChI is InChI=1S/C21H22N2O6S/c1-15-6-4-5-7-19(15)28-14-17-9-8-16(29-17)13-22-23-30(24,25)18-10-11-20(26-2)21(12-18)27-3/h4-13,23H,14H2,1-3H3/b22-13-. The second-order valence-electron chi connectivity index (χ2n) is 6.23. The highest BCUT2D eigenvalue weighted by Crippen LogP contribution is 2.29. The van der Waals surface area contributed by atoms with Crippen LogP contribution < -0.4 is 19.0 Å². The number of aryl methyl sites for hydroxylation is 1. The number of hydrogen-bond acceptors (Lipinski definition) is 7. The molecule has 9 heteroatoms. The number of rotatable bonds is 9. The van der Waals surface area contributed by atoms with Crippen molar-refractivity contribution >= 4 is 16.2 Å². The van der Waals surface area contributed by atoms with Crippen LogP contribution in [0.2, 0.25) is 0 Å². The molecule has 2 aromatic carbocycles. The monoisotopic (exact) mass is 430 g/mol. The number of hydrazone groups is 1. The van der Waals surface area contributed by atoms with Crippen molar-refractivity contribution in [3.05, 3.63) is 71.7 Å². The third-order valence-corrected chi connectivity index (χ3v) is 5.40. The Balaban J connectivity index is 1.62. The highest BCUT2D eigenvalue weighted by molar-refractivity contribution is 7.89. The van der Waals surface area contributed by atoms with E-state index in [1.807, 2.05) is 31.2 Å². The van der Waals surface area contributed by atoms with Crippen LogP contribution in [0.3, 0.4) is 0 Å². The minimum Gasteiger partial charge on any atom is -0.493 e. The highest BCUT2D eigenvalue weighted by Gasteiger charge is 2.16. The average molecular weight is 430 g/mol. The maximum atomic E-state index is 12.4. The van der Waals surface area contributed by atoms with Crippen molar-refractivity contribution in [2.45, 2.75) is 18.4 Å². The van der Waals surface area contributed by atoms with Crippen LogP contribution in [0.25, 0.3) is 0 Å². The lowest BCUT2D eigenvalue weighted by Gasteiger charge is -2.09. The van der Waals surface area contributed by atoms with Gasteiger partial charge in [-0.1, -0.05) is 18.2 Å². The molecule has 0 aliphatic carbocycles. The molecule has 1 aromatic heterocycles. The molecule has 0 atom stereocenters. The molecule has 3 rings (SSSR count). The smallest absolute Gasteiger partial charge is 0.276 e.